The maximum atomic E-state index is 12.4. The highest BCUT2D eigenvalue weighted by Crippen LogP contribution is 2.24. The monoisotopic (exact) mass is 353 g/mol. The van der Waals surface area contributed by atoms with E-state index < -0.39 is 28.7 Å². The first-order valence-corrected chi connectivity index (χ1v) is 7.88. The Labute approximate surface area is 148 Å². The number of imide groups is 1. The van der Waals surface area contributed by atoms with Crippen LogP contribution in [0.3, 0.4) is 0 Å². The van der Waals surface area contributed by atoms with Crippen molar-refractivity contribution in [2.45, 2.75) is 19.5 Å². The summed E-state index contributed by atoms with van der Waals surface area (Å²) in [6.07, 6.45) is 0. The van der Waals surface area contributed by atoms with E-state index in [1.54, 1.807) is 24.3 Å². The third-order valence-electron chi connectivity index (χ3n) is 4.21. The SMILES string of the molecule is CC(C(=O)NCc1ccc([N+](=O)[O-])cc1)N1C(=O)c2ccccc2C1=O. The molecule has 8 nitrogen and oxygen atoms in total. The summed E-state index contributed by atoms with van der Waals surface area (Å²) in [6, 6.07) is 11.2. The van der Waals surface area contributed by atoms with Crippen molar-refractivity contribution in [3.8, 4) is 0 Å². The molecule has 0 aromatic heterocycles. The van der Waals surface area contributed by atoms with Gasteiger partial charge in [0.05, 0.1) is 16.1 Å². The van der Waals surface area contributed by atoms with E-state index in [0.29, 0.717) is 5.56 Å². The minimum absolute atomic E-state index is 0.0422. The maximum absolute atomic E-state index is 12.4. The fourth-order valence-corrected chi connectivity index (χ4v) is 2.75. The van der Waals surface area contributed by atoms with Gasteiger partial charge in [0.1, 0.15) is 6.04 Å². The second-order valence-corrected chi connectivity index (χ2v) is 5.84. The molecule has 26 heavy (non-hydrogen) atoms. The number of nitro benzene ring substituents is 1. The molecule has 1 N–H and O–H groups in total. The molecular weight excluding hydrogens is 338 g/mol. The Bertz CT molecular complexity index is 872. The maximum Gasteiger partial charge on any atom is 0.269 e. The lowest BCUT2D eigenvalue weighted by Crippen LogP contribution is -2.47. The van der Waals surface area contributed by atoms with Gasteiger partial charge in [0, 0.05) is 18.7 Å². The summed E-state index contributed by atoms with van der Waals surface area (Å²) >= 11 is 0. The standard InChI is InChI=1S/C18H15N3O5/c1-11(20-17(23)14-4-2-3-5-15(14)18(20)24)16(22)19-10-12-6-8-13(9-7-12)21(25)26/h2-9,11H,10H2,1H3,(H,19,22). The van der Waals surface area contributed by atoms with Crippen LogP contribution in [-0.4, -0.2) is 33.6 Å². The normalized spacial score (nSPS) is 14.1. The quantitative estimate of drug-likeness (QED) is 0.501. The molecule has 8 heteroatoms. The van der Waals surface area contributed by atoms with E-state index in [2.05, 4.69) is 5.32 Å². The summed E-state index contributed by atoms with van der Waals surface area (Å²) in [5, 5.41) is 13.3. The number of fused-ring (bicyclic) bond motifs is 1. The smallest absolute Gasteiger partial charge is 0.269 e. The van der Waals surface area contributed by atoms with Gasteiger partial charge in [0.2, 0.25) is 5.91 Å². The fourth-order valence-electron chi connectivity index (χ4n) is 2.75. The molecule has 1 unspecified atom stereocenters. The van der Waals surface area contributed by atoms with Crippen molar-refractivity contribution in [1.29, 1.82) is 0 Å². The van der Waals surface area contributed by atoms with E-state index in [9.17, 15) is 24.5 Å². The molecule has 0 radical (unpaired) electrons. The molecule has 132 valence electrons. The third kappa shape index (κ3) is 3.04. The number of nitro groups is 1. The van der Waals surface area contributed by atoms with E-state index in [1.165, 1.54) is 31.2 Å². The van der Waals surface area contributed by atoms with E-state index in [-0.39, 0.29) is 23.4 Å². The molecule has 1 heterocycles. The number of rotatable bonds is 5. The average molecular weight is 353 g/mol. The van der Waals surface area contributed by atoms with Crippen molar-refractivity contribution in [3.05, 3.63) is 75.3 Å². The Hall–Kier alpha value is -3.55. The van der Waals surface area contributed by atoms with Crippen LogP contribution in [0.1, 0.15) is 33.2 Å². The Morgan fingerprint density at radius 2 is 1.62 bits per heavy atom. The van der Waals surface area contributed by atoms with Crippen molar-refractivity contribution in [2.24, 2.45) is 0 Å². The molecule has 0 spiro atoms. The van der Waals surface area contributed by atoms with Gasteiger partial charge in [-0.3, -0.25) is 29.4 Å². The third-order valence-corrected chi connectivity index (χ3v) is 4.21. The van der Waals surface area contributed by atoms with Crippen LogP contribution in [0.4, 0.5) is 5.69 Å². The van der Waals surface area contributed by atoms with E-state index in [1.807, 2.05) is 0 Å². The van der Waals surface area contributed by atoms with Crippen LogP contribution < -0.4 is 5.32 Å². The van der Waals surface area contributed by atoms with Gasteiger partial charge in [-0.2, -0.15) is 0 Å². The van der Waals surface area contributed by atoms with Crippen LogP contribution in [0.25, 0.3) is 0 Å². The predicted octanol–water partition coefficient (Wildman–Crippen LogP) is 1.90. The zero-order valence-corrected chi connectivity index (χ0v) is 13.8. The summed E-state index contributed by atoms with van der Waals surface area (Å²) < 4.78 is 0. The molecule has 3 rings (SSSR count). The highest BCUT2D eigenvalue weighted by Gasteiger charge is 2.40. The Kier molecular flexibility index (Phi) is 4.49. The lowest BCUT2D eigenvalue weighted by Gasteiger charge is -2.21. The number of non-ortho nitro benzene ring substituents is 1. The van der Waals surface area contributed by atoms with Gasteiger partial charge in [-0.15, -0.1) is 0 Å². The molecule has 0 aliphatic carbocycles. The molecule has 0 bridgehead atoms. The lowest BCUT2D eigenvalue weighted by atomic mass is 10.1. The van der Waals surface area contributed by atoms with Crippen LogP contribution in [0.2, 0.25) is 0 Å². The van der Waals surface area contributed by atoms with Crippen LogP contribution in [-0.2, 0) is 11.3 Å². The molecule has 2 aromatic rings. The zero-order chi connectivity index (χ0) is 18.8. The van der Waals surface area contributed by atoms with Crippen molar-refractivity contribution >= 4 is 23.4 Å². The number of hydrogen-bond donors (Lipinski definition) is 1. The number of carbonyl (C=O) groups excluding carboxylic acids is 3. The average Bonchev–Trinajstić information content (AvgIpc) is 2.90. The number of nitrogens with one attached hydrogen (secondary N) is 1. The summed E-state index contributed by atoms with van der Waals surface area (Å²) in [7, 11) is 0. The van der Waals surface area contributed by atoms with Gasteiger partial charge in [-0.25, -0.2) is 0 Å². The number of nitrogens with zero attached hydrogens (tertiary/aromatic N) is 2. The molecule has 0 saturated heterocycles. The molecule has 1 aliphatic heterocycles. The minimum Gasteiger partial charge on any atom is -0.350 e. The summed E-state index contributed by atoms with van der Waals surface area (Å²) in [4.78, 5) is 48.2. The zero-order valence-electron chi connectivity index (χ0n) is 13.8. The Morgan fingerprint density at radius 1 is 1.08 bits per heavy atom. The number of amides is 3. The first-order valence-electron chi connectivity index (χ1n) is 7.88. The predicted molar refractivity (Wildman–Crippen MR) is 91.3 cm³/mol. The van der Waals surface area contributed by atoms with Crippen molar-refractivity contribution in [3.63, 3.8) is 0 Å². The van der Waals surface area contributed by atoms with Crippen LogP contribution in [0.15, 0.2) is 48.5 Å². The molecule has 2 aromatic carbocycles. The van der Waals surface area contributed by atoms with Gasteiger partial charge in [0.15, 0.2) is 0 Å². The summed E-state index contributed by atoms with van der Waals surface area (Å²) in [5.41, 5.74) is 1.19. The summed E-state index contributed by atoms with van der Waals surface area (Å²) in [6.45, 7) is 1.61. The highest BCUT2D eigenvalue weighted by atomic mass is 16.6. The van der Waals surface area contributed by atoms with Gasteiger partial charge < -0.3 is 5.32 Å². The molecule has 3 amide bonds. The lowest BCUT2D eigenvalue weighted by molar-refractivity contribution is -0.384. The molecule has 1 atom stereocenters. The topological polar surface area (TPSA) is 110 Å². The Balaban J connectivity index is 1.66. The van der Waals surface area contributed by atoms with Crippen molar-refractivity contribution in [2.75, 3.05) is 0 Å². The largest absolute Gasteiger partial charge is 0.350 e. The molecule has 0 fully saturated rings. The van der Waals surface area contributed by atoms with E-state index in [0.717, 1.165) is 4.90 Å². The number of carbonyl (C=O) groups is 3. The van der Waals surface area contributed by atoms with E-state index >= 15 is 0 Å². The molecular formula is C18H15N3O5. The van der Waals surface area contributed by atoms with Crippen LogP contribution in [0, 0.1) is 10.1 Å². The van der Waals surface area contributed by atoms with Gasteiger partial charge in [0.25, 0.3) is 17.5 Å². The highest BCUT2D eigenvalue weighted by molar-refractivity contribution is 6.22. The van der Waals surface area contributed by atoms with E-state index in [4.69, 9.17) is 0 Å². The minimum atomic E-state index is -0.972. The number of hydrogen-bond acceptors (Lipinski definition) is 5. The molecule has 0 saturated carbocycles. The second-order valence-electron chi connectivity index (χ2n) is 5.84. The fraction of sp³-hybridized carbons (Fsp3) is 0.167. The van der Waals surface area contributed by atoms with Gasteiger partial charge >= 0.3 is 0 Å². The van der Waals surface area contributed by atoms with Crippen molar-refractivity contribution in [1.82, 2.24) is 10.2 Å². The van der Waals surface area contributed by atoms with Gasteiger partial charge in [-0.05, 0) is 24.6 Å². The first kappa shape index (κ1) is 17.3. The van der Waals surface area contributed by atoms with Crippen molar-refractivity contribution < 1.29 is 19.3 Å². The van der Waals surface area contributed by atoms with Crippen LogP contribution in [0.5, 0.6) is 0 Å². The van der Waals surface area contributed by atoms with Gasteiger partial charge in [-0.1, -0.05) is 24.3 Å². The van der Waals surface area contributed by atoms with Crippen LogP contribution >= 0.6 is 0 Å². The summed E-state index contributed by atoms with van der Waals surface area (Å²) in [5.74, 6) is -1.48. The Morgan fingerprint density at radius 3 is 2.12 bits per heavy atom. The number of benzene rings is 2. The first-order chi connectivity index (χ1) is 12.4. The second kappa shape index (κ2) is 6.75. The molecule has 1 aliphatic rings.